The molecule has 0 saturated carbocycles. The van der Waals surface area contributed by atoms with Crippen LogP contribution < -0.4 is 10.8 Å². The number of anilines is 1. The molecule has 3 aromatic rings. The lowest BCUT2D eigenvalue weighted by Gasteiger charge is -2.32. The molecule has 9 heteroatoms. The molecule has 1 aliphatic rings. The van der Waals surface area contributed by atoms with Crippen LogP contribution in [0.25, 0.3) is 5.65 Å². The molecule has 172 valence electrons. The Hall–Kier alpha value is -2.65. The first-order chi connectivity index (χ1) is 14.8. The highest BCUT2D eigenvalue weighted by atomic mass is 16.7. The van der Waals surface area contributed by atoms with E-state index in [1.807, 2.05) is 64.8 Å². The number of aryl methyl sites for hydroxylation is 1. The lowest BCUT2D eigenvalue weighted by Crippen LogP contribution is -2.41. The Morgan fingerprint density at radius 1 is 1.12 bits per heavy atom. The highest BCUT2D eigenvalue weighted by Gasteiger charge is 2.51. The van der Waals surface area contributed by atoms with E-state index in [-0.39, 0.29) is 16.6 Å². The van der Waals surface area contributed by atoms with Crippen LogP contribution in [0.2, 0.25) is 0 Å². The van der Waals surface area contributed by atoms with Crippen molar-refractivity contribution < 1.29 is 14.1 Å². The number of pyridine rings is 1. The molecule has 4 heterocycles. The van der Waals surface area contributed by atoms with Crippen LogP contribution in [0.15, 0.2) is 30.6 Å². The molecule has 4 rings (SSSR count). The zero-order chi connectivity index (χ0) is 23.9. The molecule has 32 heavy (non-hydrogen) atoms. The highest BCUT2D eigenvalue weighted by Crippen LogP contribution is 2.36. The van der Waals surface area contributed by atoms with E-state index < -0.39 is 7.12 Å². The molecule has 3 aromatic heterocycles. The zero-order valence-corrected chi connectivity index (χ0v) is 20.6. The molecular weight excluding hydrogens is 405 g/mol. The van der Waals surface area contributed by atoms with Gasteiger partial charge in [0, 0.05) is 31.8 Å². The van der Waals surface area contributed by atoms with Crippen molar-refractivity contribution in [2.24, 2.45) is 7.05 Å². The number of aldehydes is 1. The predicted molar refractivity (Wildman–Crippen MR) is 128 cm³/mol. The standard InChI is InChI=1S/C14H17BN2O3.C9H17N3/c1-13(2)14(3,4)20-15(19-13)10-5-6-17-11(9-18)8-16-12(17)7-10;1-9(2,3)7-6-8(10-4)12(5)11-7/h5-9H,1-4H3;6,10H,1-5H3. The van der Waals surface area contributed by atoms with Gasteiger partial charge in [-0.05, 0) is 45.3 Å². The third-order valence-corrected chi connectivity index (χ3v) is 6.12. The third kappa shape index (κ3) is 4.59. The van der Waals surface area contributed by atoms with Gasteiger partial charge in [-0.1, -0.05) is 20.8 Å². The van der Waals surface area contributed by atoms with Crippen LogP contribution in [-0.2, 0) is 21.8 Å². The molecule has 8 nitrogen and oxygen atoms in total. The number of hydrogen-bond acceptors (Lipinski definition) is 6. The van der Waals surface area contributed by atoms with Crippen LogP contribution in [0.4, 0.5) is 5.82 Å². The molecule has 0 atom stereocenters. The van der Waals surface area contributed by atoms with E-state index in [9.17, 15) is 4.79 Å². The molecule has 1 fully saturated rings. The van der Waals surface area contributed by atoms with Gasteiger partial charge in [0.25, 0.3) is 0 Å². The zero-order valence-electron chi connectivity index (χ0n) is 20.6. The number of carbonyl (C=O) groups excluding carboxylic acids is 1. The van der Waals surface area contributed by atoms with Crippen LogP contribution in [0.5, 0.6) is 0 Å². The summed E-state index contributed by atoms with van der Waals surface area (Å²) in [6, 6.07) is 5.86. The molecule has 0 aromatic carbocycles. The van der Waals surface area contributed by atoms with Gasteiger partial charge in [0.05, 0.1) is 23.1 Å². The van der Waals surface area contributed by atoms with Gasteiger partial charge in [-0.25, -0.2) is 4.98 Å². The lowest BCUT2D eigenvalue weighted by molar-refractivity contribution is 0.00578. The maximum absolute atomic E-state index is 10.9. The Bertz CT molecular complexity index is 1090. The van der Waals surface area contributed by atoms with Crippen molar-refractivity contribution in [2.75, 3.05) is 12.4 Å². The van der Waals surface area contributed by atoms with E-state index in [1.54, 1.807) is 10.6 Å². The molecule has 1 aliphatic heterocycles. The summed E-state index contributed by atoms with van der Waals surface area (Å²) in [6.07, 6.45) is 4.15. The van der Waals surface area contributed by atoms with Gasteiger partial charge < -0.3 is 14.6 Å². The number of imidazole rings is 1. The van der Waals surface area contributed by atoms with E-state index >= 15 is 0 Å². The van der Waals surface area contributed by atoms with Crippen molar-refractivity contribution in [2.45, 2.75) is 65.1 Å². The third-order valence-electron chi connectivity index (χ3n) is 6.12. The number of rotatable bonds is 3. The maximum Gasteiger partial charge on any atom is 0.495 e. The fourth-order valence-electron chi connectivity index (χ4n) is 3.30. The van der Waals surface area contributed by atoms with Gasteiger partial charge in [-0.2, -0.15) is 5.10 Å². The normalized spacial score (nSPS) is 17.2. The average molecular weight is 439 g/mol. The quantitative estimate of drug-likeness (QED) is 0.499. The van der Waals surface area contributed by atoms with Crippen LogP contribution in [-0.4, -0.2) is 50.8 Å². The van der Waals surface area contributed by atoms with Gasteiger partial charge >= 0.3 is 7.12 Å². The Morgan fingerprint density at radius 2 is 1.75 bits per heavy atom. The summed E-state index contributed by atoms with van der Waals surface area (Å²) in [7, 11) is 3.44. The number of carbonyl (C=O) groups is 1. The second-order valence-corrected chi connectivity index (χ2v) is 10.1. The molecule has 0 amide bonds. The molecule has 0 aliphatic carbocycles. The minimum absolute atomic E-state index is 0.132. The summed E-state index contributed by atoms with van der Waals surface area (Å²) in [6.45, 7) is 14.6. The largest absolute Gasteiger partial charge is 0.495 e. The monoisotopic (exact) mass is 439 g/mol. The summed E-state index contributed by atoms with van der Waals surface area (Å²) < 4.78 is 15.6. The topological polar surface area (TPSA) is 82.7 Å². The van der Waals surface area contributed by atoms with Gasteiger partial charge in [0.2, 0.25) is 0 Å². The van der Waals surface area contributed by atoms with Crippen molar-refractivity contribution >= 4 is 30.3 Å². The first-order valence-corrected chi connectivity index (χ1v) is 10.8. The highest BCUT2D eigenvalue weighted by molar-refractivity contribution is 6.62. The van der Waals surface area contributed by atoms with Gasteiger partial charge in [-0.15, -0.1) is 0 Å². The van der Waals surface area contributed by atoms with E-state index in [1.165, 1.54) is 0 Å². The molecule has 0 unspecified atom stereocenters. The number of nitrogens with one attached hydrogen (secondary N) is 1. The van der Waals surface area contributed by atoms with Crippen LogP contribution in [0.3, 0.4) is 0 Å². The molecule has 0 bridgehead atoms. The average Bonchev–Trinajstić information content (AvgIpc) is 3.34. The Kier molecular flexibility index (Phi) is 6.28. The van der Waals surface area contributed by atoms with Gasteiger partial charge in [0.1, 0.15) is 17.2 Å². The number of fused-ring (bicyclic) bond motifs is 1. The molecule has 0 spiro atoms. The summed E-state index contributed by atoms with van der Waals surface area (Å²) in [5, 5.41) is 7.50. The minimum Gasteiger partial charge on any atom is -0.399 e. The maximum atomic E-state index is 10.9. The number of nitrogens with zero attached hydrogens (tertiary/aromatic N) is 4. The molecule has 0 radical (unpaired) electrons. The first-order valence-electron chi connectivity index (χ1n) is 10.8. The minimum atomic E-state index is -0.415. The van der Waals surface area contributed by atoms with Gasteiger partial charge in [-0.3, -0.25) is 13.9 Å². The summed E-state index contributed by atoms with van der Waals surface area (Å²) in [5.41, 5.74) is 2.65. The predicted octanol–water partition coefficient (Wildman–Crippen LogP) is 3.21. The second-order valence-electron chi connectivity index (χ2n) is 10.1. The number of aromatic nitrogens is 4. The Balaban J connectivity index is 0.000000207. The van der Waals surface area contributed by atoms with Crippen molar-refractivity contribution in [3.63, 3.8) is 0 Å². The van der Waals surface area contributed by atoms with Crippen molar-refractivity contribution in [3.8, 4) is 0 Å². The number of hydrogen-bond donors (Lipinski definition) is 1. The van der Waals surface area contributed by atoms with Gasteiger partial charge in [0.15, 0.2) is 6.29 Å². The van der Waals surface area contributed by atoms with Crippen LogP contribution in [0.1, 0.15) is 64.6 Å². The molecule has 1 saturated heterocycles. The Labute approximate surface area is 190 Å². The van der Waals surface area contributed by atoms with E-state index in [0.717, 1.165) is 23.3 Å². The van der Waals surface area contributed by atoms with E-state index in [2.05, 4.69) is 42.2 Å². The second kappa shape index (κ2) is 8.37. The van der Waals surface area contributed by atoms with Crippen LogP contribution in [0, 0.1) is 0 Å². The lowest BCUT2D eigenvalue weighted by atomic mass is 9.80. The summed E-state index contributed by atoms with van der Waals surface area (Å²) >= 11 is 0. The van der Waals surface area contributed by atoms with Crippen molar-refractivity contribution in [3.05, 3.63) is 42.0 Å². The summed E-state index contributed by atoms with van der Waals surface area (Å²) in [4.78, 5) is 15.1. The van der Waals surface area contributed by atoms with E-state index in [4.69, 9.17) is 9.31 Å². The first kappa shape index (κ1) is 24.0. The Morgan fingerprint density at radius 3 is 2.22 bits per heavy atom. The van der Waals surface area contributed by atoms with Crippen molar-refractivity contribution in [1.29, 1.82) is 0 Å². The fraction of sp³-hybridized carbons (Fsp3) is 0.522. The van der Waals surface area contributed by atoms with Crippen LogP contribution >= 0.6 is 0 Å². The fourth-order valence-corrected chi connectivity index (χ4v) is 3.30. The SMILES string of the molecule is CC1(C)OB(c2ccn3c(C=O)cnc3c2)OC1(C)C.CNc1cc(C(C)(C)C)nn1C. The smallest absolute Gasteiger partial charge is 0.399 e. The molecule has 1 N–H and O–H groups in total. The molecular formula is C23H34BN5O3. The van der Waals surface area contributed by atoms with Crippen molar-refractivity contribution in [1.82, 2.24) is 19.2 Å². The summed E-state index contributed by atoms with van der Waals surface area (Å²) in [5.74, 6) is 1.06. The van der Waals surface area contributed by atoms with E-state index in [0.29, 0.717) is 11.3 Å².